The Morgan fingerprint density at radius 3 is 2.23 bits per heavy atom. The summed E-state index contributed by atoms with van der Waals surface area (Å²) in [4.78, 5) is 25.1. The molecular formula is C23H20F2N2O4. The molecule has 0 fully saturated rings. The molecule has 0 atom stereocenters. The molecule has 160 valence electrons. The van der Waals surface area contributed by atoms with Gasteiger partial charge < -0.3 is 20.1 Å². The lowest BCUT2D eigenvalue weighted by molar-refractivity contribution is -0.0511. The summed E-state index contributed by atoms with van der Waals surface area (Å²) >= 11 is 0. The van der Waals surface area contributed by atoms with Gasteiger partial charge in [-0.25, -0.2) is 0 Å². The number of halogens is 2. The third-order valence-electron chi connectivity index (χ3n) is 4.42. The lowest BCUT2D eigenvalue weighted by atomic mass is 10.1. The minimum Gasteiger partial charge on any atom is -0.493 e. The molecule has 0 aromatic heterocycles. The number of carbonyl (C=O) groups is 2. The van der Waals surface area contributed by atoms with Crippen LogP contribution in [0.5, 0.6) is 11.5 Å². The Hall–Kier alpha value is -3.94. The van der Waals surface area contributed by atoms with Gasteiger partial charge in [-0.05, 0) is 48.9 Å². The number of ether oxygens (including phenoxy) is 2. The second kappa shape index (κ2) is 9.71. The molecule has 0 saturated carbocycles. The van der Waals surface area contributed by atoms with Gasteiger partial charge in [0.05, 0.1) is 7.11 Å². The van der Waals surface area contributed by atoms with E-state index in [2.05, 4.69) is 15.4 Å². The molecule has 0 bridgehead atoms. The molecular weight excluding hydrogens is 406 g/mol. The Kier molecular flexibility index (Phi) is 6.81. The molecule has 0 heterocycles. The monoisotopic (exact) mass is 426 g/mol. The molecule has 2 amide bonds. The van der Waals surface area contributed by atoms with Crippen LogP contribution in [0.2, 0.25) is 0 Å². The summed E-state index contributed by atoms with van der Waals surface area (Å²) in [5.74, 6) is -0.872. The van der Waals surface area contributed by atoms with Gasteiger partial charge >= 0.3 is 6.61 Å². The first-order valence-electron chi connectivity index (χ1n) is 9.28. The van der Waals surface area contributed by atoms with Gasteiger partial charge in [0.15, 0.2) is 11.5 Å². The van der Waals surface area contributed by atoms with Crippen molar-refractivity contribution in [2.24, 2.45) is 0 Å². The lowest BCUT2D eigenvalue weighted by Gasteiger charge is -2.13. The Balaban J connectivity index is 1.78. The lowest BCUT2D eigenvalue weighted by Crippen LogP contribution is -2.15. The smallest absolute Gasteiger partial charge is 0.387 e. The standard InChI is InChI=1S/C23H20F2N2O4/c1-14-8-9-16(12-18(14)27-21(28)15-6-4-3-5-7-15)22(29)26-17-10-11-19(30-2)20(13-17)31-23(24)25/h3-13,23H,1-2H3,(H,26,29)(H,27,28). The van der Waals surface area contributed by atoms with Crippen molar-refractivity contribution in [2.45, 2.75) is 13.5 Å². The van der Waals surface area contributed by atoms with Crippen molar-refractivity contribution in [3.8, 4) is 11.5 Å². The number of amides is 2. The predicted octanol–water partition coefficient (Wildman–Crippen LogP) is 5.11. The van der Waals surface area contributed by atoms with Crippen LogP contribution >= 0.6 is 0 Å². The number of alkyl halides is 2. The van der Waals surface area contributed by atoms with Crippen molar-refractivity contribution in [1.29, 1.82) is 0 Å². The van der Waals surface area contributed by atoms with Crippen LogP contribution in [0.1, 0.15) is 26.3 Å². The van der Waals surface area contributed by atoms with Gasteiger partial charge in [-0.1, -0.05) is 24.3 Å². The van der Waals surface area contributed by atoms with Crippen LogP contribution in [-0.2, 0) is 0 Å². The zero-order valence-electron chi connectivity index (χ0n) is 16.8. The van der Waals surface area contributed by atoms with Crippen LogP contribution in [0.4, 0.5) is 20.2 Å². The fourth-order valence-electron chi connectivity index (χ4n) is 2.83. The number of carbonyl (C=O) groups excluding carboxylic acids is 2. The first-order chi connectivity index (χ1) is 14.9. The molecule has 3 aromatic carbocycles. The molecule has 2 N–H and O–H groups in total. The average molecular weight is 426 g/mol. The molecule has 0 spiro atoms. The quantitative estimate of drug-likeness (QED) is 0.551. The second-order valence-electron chi connectivity index (χ2n) is 6.55. The minimum atomic E-state index is -3.03. The fourth-order valence-corrected chi connectivity index (χ4v) is 2.83. The number of benzene rings is 3. The van der Waals surface area contributed by atoms with Crippen molar-refractivity contribution in [1.82, 2.24) is 0 Å². The average Bonchev–Trinajstić information content (AvgIpc) is 2.75. The van der Waals surface area contributed by atoms with Gasteiger partial charge in [-0.2, -0.15) is 8.78 Å². The van der Waals surface area contributed by atoms with Crippen molar-refractivity contribution >= 4 is 23.2 Å². The number of aryl methyl sites for hydroxylation is 1. The number of rotatable bonds is 7. The highest BCUT2D eigenvalue weighted by molar-refractivity contribution is 6.07. The van der Waals surface area contributed by atoms with Gasteiger partial charge in [0.25, 0.3) is 11.8 Å². The number of hydrogen-bond acceptors (Lipinski definition) is 4. The number of hydrogen-bond donors (Lipinski definition) is 2. The Morgan fingerprint density at radius 1 is 0.839 bits per heavy atom. The van der Waals surface area contributed by atoms with Gasteiger partial charge in [-0.3, -0.25) is 9.59 Å². The third kappa shape index (κ3) is 5.57. The molecule has 3 rings (SSSR count). The topological polar surface area (TPSA) is 76.7 Å². The number of anilines is 2. The highest BCUT2D eigenvalue weighted by atomic mass is 19.3. The van der Waals surface area contributed by atoms with Crippen molar-refractivity contribution in [3.05, 3.63) is 83.4 Å². The van der Waals surface area contributed by atoms with E-state index in [4.69, 9.17) is 4.74 Å². The fraction of sp³-hybridized carbons (Fsp3) is 0.130. The summed E-state index contributed by atoms with van der Waals surface area (Å²) in [6.45, 7) is -1.23. The molecule has 8 heteroatoms. The molecule has 0 radical (unpaired) electrons. The maximum atomic E-state index is 12.7. The largest absolute Gasteiger partial charge is 0.493 e. The highest BCUT2D eigenvalue weighted by Crippen LogP contribution is 2.31. The van der Waals surface area contributed by atoms with E-state index in [1.165, 1.54) is 25.3 Å². The highest BCUT2D eigenvalue weighted by Gasteiger charge is 2.15. The minimum absolute atomic E-state index is 0.111. The molecule has 0 unspecified atom stereocenters. The van der Waals surface area contributed by atoms with E-state index in [0.717, 1.165) is 5.56 Å². The summed E-state index contributed by atoms with van der Waals surface area (Å²) in [5, 5.41) is 5.42. The van der Waals surface area contributed by atoms with Gasteiger partial charge in [0.2, 0.25) is 0 Å². The summed E-state index contributed by atoms with van der Waals surface area (Å²) in [7, 11) is 1.32. The Bertz CT molecular complexity index is 1090. The summed E-state index contributed by atoms with van der Waals surface area (Å²) in [6, 6.07) is 17.7. The molecule has 31 heavy (non-hydrogen) atoms. The first-order valence-corrected chi connectivity index (χ1v) is 9.28. The van der Waals surface area contributed by atoms with Crippen molar-refractivity contribution in [3.63, 3.8) is 0 Å². The zero-order valence-corrected chi connectivity index (χ0v) is 16.8. The van der Waals surface area contributed by atoms with Gasteiger partial charge in [0, 0.05) is 28.6 Å². The van der Waals surface area contributed by atoms with Crippen molar-refractivity contribution < 1.29 is 27.8 Å². The van der Waals surface area contributed by atoms with E-state index < -0.39 is 12.5 Å². The Labute approximate surface area is 177 Å². The van der Waals surface area contributed by atoms with E-state index >= 15 is 0 Å². The van der Waals surface area contributed by atoms with Crippen LogP contribution in [-0.4, -0.2) is 25.5 Å². The maximum absolute atomic E-state index is 12.7. The summed E-state index contributed by atoms with van der Waals surface area (Å²) in [6.07, 6.45) is 0. The van der Waals surface area contributed by atoms with E-state index in [0.29, 0.717) is 11.3 Å². The van der Waals surface area contributed by atoms with E-state index in [1.54, 1.807) is 49.4 Å². The summed E-state index contributed by atoms with van der Waals surface area (Å²) in [5.41, 5.74) is 2.27. The normalized spacial score (nSPS) is 10.5. The van der Waals surface area contributed by atoms with Crippen LogP contribution in [0.25, 0.3) is 0 Å². The summed E-state index contributed by atoms with van der Waals surface area (Å²) < 4.78 is 34.6. The van der Waals surface area contributed by atoms with E-state index in [1.807, 2.05) is 6.07 Å². The van der Waals surface area contributed by atoms with Crippen LogP contribution in [0, 0.1) is 6.92 Å². The maximum Gasteiger partial charge on any atom is 0.387 e. The van der Waals surface area contributed by atoms with Crippen LogP contribution in [0.3, 0.4) is 0 Å². The number of methoxy groups -OCH3 is 1. The second-order valence-corrected chi connectivity index (χ2v) is 6.55. The molecule has 0 aliphatic heterocycles. The van der Waals surface area contributed by atoms with Crippen LogP contribution < -0.4 is 20.1 Å². The first kappa shape index (κ1) is 21.8. The van der Waals surface area contributed by atoms with E-state index in [9.17, 15) is 18.4 Å². The molecule has 0 aliphatic rings. The SMILES string of the molecule is COc1ccc(NC(=O)c2ccc(C)c(NC(=O)c3ccccc3)c2)cc1OC(F)F. The zero-order chi connectivity index (χ0) is 22.4. The third-order valence-corrected chi connectivity index (χ3v) is 4.42. The predicted molar refractivity (Wildman–Crippen MR) is 113 cm³/mol. The molecule has 3 aromatic rings. The Morgan fingerprint density at radius 2 is 1.55 bits per heavy atom. The van der Waals surface area contributed by atoms with Crippen molar-refractivity contribution in [2.75, 3.05) is 17.7 Å². The molecule has 6 nitrogen and oxygen atoms in total. The van der Waals surface area contributed by atoms with Gasteiger partial charge in [0.1, 0.15) is 0 Å². The van der Waals surface area contributed by atoms with Gasteiger partial charge in [-0.15, -0.1) is 0 Å². The number of nitrogens with one attached hydrogen (secondary N) is 2. The molecule has 0 saturated heterocycles. The van der Waals surface area contributed by atoms with E-state index in [-0.39, 0.29) is 28.7 Å². The molecule has 0 aliphatic carbocycles. The van der Waals surface area contributed by atoms with Crippen LogP contribution in [0.15, 0.2) is 66.7 Å².